The van der Waals surface area contributed by atoms with E-state index in [1.807, 2.05) is 0 Å². The van der Waals surface area contributed by atoms with Gasteiger partial charge >= 0.3 is 5.69 Å². The summed E-state index contributed by atoms with van der Waals surface area (Å²) in [5.74, 6) is 0.119. The van der Waals surface area contributed by atoms with Crippen molar-refractivity contribution in [2.45, 2.75) is 4.90 Å². The molecule has 0 saturated carbocycles. The van der Waals surface area contributed by atoms with Crippen molar-refractivity contribution < 1.29 is 8.42 Å². The smallest absolute Gasteiger partial charge is 0.291 e. The lowest BCUT2D eigenvalue weighted by Gasteiger charge is -2.17. The number of aromatic nitrogens is 4. The van der Waals surface area contributed by atoms with Gasteiger partial charge in [-0.15, -0.1) is 0 Å². The molecule has 2 aliphatic rings. The van der Waals surface area contributed by atoms with Crippen molar-refractivity contribution in [2.75, 3.05) is 6.26 Å². The molecule has 0 aromatic heterocycles. The molecule has 4 rings (SSSR count). The Morgan fingerprint density at radius 1 is 0.926 bits per heavy atom. The molecule has 2 heterocycles. The minimum Gasteiger partial charge on any atom is -0.291 e. The fourth-order valence-electron chi connectivity index (χ4n) is 2.90. The number of rotatable bonds is 2. The van der Waals surface area contributed by atoms with Crippen LogP contribution in [0.3, 0.4) is 0 Å². The second kappa shape index (κ2) is 5.85. The Labute approximate surface area is 153 Å². The van der Waals surface area contributed by atoms with Gasteiger partial charge in [-0.2, -0.15) is 4.98 Å². The molecule has 0 N–H and O–H groups in total. The highest BCUT2D eigenvalue weighted by Gasteiger charge is 2.21. The Hall–Kier alpha value is -3.33. The van der Waals surface area contributed by atoms with Gasteiger partial charge in [-0.1, -0.05) is 12.1 Å². The summed E-state index contributed by atoms with van der Waals surface area (Å²) >= 11 is 0. The molecule has 2 aliphatic heterocycles. The molecule has 0 fully saturated rings. The van der Waals surface area contributed by atoms with Crippen molar-refractivity contribution >= 4 is 20.9 Å². The molecule has 27 heavy (non-hydrogen) atoms. The largest absolute Gasteiger partial charge is 0.352 e. The van der Waals surface area contributed by atoms with Gasteiger partial charge in [-0.25, -0.2) is 18.2 Å². The third-order valence-corrected chi connectivity index (χ3v) is 5.43. The molecule has 0 atom stereocenters. The molecule has 9 heteroatoms. The average molecular weight is 382 g/mol. The highest BCUT2D eigenvalue weighted by atomic mass is 32.2. The molecule has 0 saturated heterocycles. The maximum atomic E-state index is 12.5. The first kappa shape index (κ1) is 17.1. The number of fused-ring (bicyclic) bond motifs is 2. The minimum absolute atomic E-state index is 0.0583. The van der Waals surface area contributed by atoms with Crippen molar-refractivity contribution in [3.05, 3.63) is 69.4 Å². The molecule has 2 aromatic rings. The second-order valence-electron chi connectivity index (χ2n) is 6.13. The minimum atomic E-state index is -3.35. The van der Waals surface area contributed by atoms with E-state index >= 15 is 0 Å². The third kappa shape index (κ3) is 2.72. The van der Waals surface area contributed by atoms with E-state index in [0.29, 0.717) is 16.7 Å². The van der Waals surface area contributed by atoms with E-state index < -0.39 is 21.1 Å². The summed E-state index contributed by atoms with van der Waals surface area (Å²) in [6, 6.07) is 13.3. The van der Waals surface area contributed by atoms with Gasteiger partial charge < -0.3 is 0 Å². The molecule has 0 bridgehead atoms. The lowest BCUT2D eigenvalue weighted by molar-refractivity contribution is 0.602. The Morgan fingerprint density at radius 3 is 2.26 bits per heavy atom. The Balaban J connectivity index is 2.14. The Morgan fingerprint density at radius 2 is 1.59 bits per heavy atom. The first-order chi connectivity index (χ1) is 12.8. The normalized spacial score (nSPS) is 11.9. The zero-order valence-corrected chi connectivity index (χ0v) is 15.3. The quantitative estimate of drug-likeness (QED) is 0.479. The average Bonchev–Trinajstić information content (AvgIpc) is 2.64. The van der Waals surface area contributed by atoms with Crippen molar-refractivity contribution in [1.29, 1.82) is 0 Å². The van der Waals surface area contributed by atoms with Crippen molar-refractivity contribution in [3.8, 4) is 17.2 Å². The summed E-state index contributed by atoms with van der Waals surface area (Å²) in [6.07, 6.45) is 1.13. The lowest BCUT2D eigenvalue weighted by atomic mass is 10.2. The summed E-state index contributed by atoms with van der Waals surface area (Å²) in [6.45, 7) is 0. The second-order valence-corrected chi connectivity index (χ2v) is 8.15. The van der Waals surface area contributed by atoms with Crippen LogP contribution in [0.4, 0.5) is 0 Å². The van der Waals surface area contributed by atoms with Gasteiger partial charge in [0.05, 0.1) is 15.9 Å². The highest BCUT2D eigenvalue weighted by Crippen LogP contribution is 2.25. The Kier molecular flexibility index (Phi) is 3.70. The summed E-state index contributed by atoms with van der Waals surface area (Å²) in [5, 5.41) is 0. The maximum absolute atomic E-state index is 12.5. The number of benzene rings is 2. The van der Waals surface area contributed by atoms with Gasteiger partial charge in [0.1, 0.15) is 0 Å². The van der Waals surface area contributed by atoms with E-state index in [0.717, 1.165) is 10.8 Å². The first-order valence-corrected chi connectivity index (χ1v) is 9.85. The van der Waals surface area contributed by atoms with Crippen LogP contribution in [0.1, 0.15) is 0 Å². The molecule has 0 amide bonds. The summed E-state index contributed by atoms with van der Waals surface area (Å²) in [4.78, 5) is 33.2. The molecule has 0 spiro atoms. The third-order valence-electron chi connectivity index (χ3n) is 4.30. The molecule has 0 aliphatic carbocycles. The van der Waals surface area contributed by atoms with Gasteiger partial charge in [0.25, 0.3) is 5.56 Å². The number of hydrogen-bond donors (Lipinski definition) is 0. The monoisotopic (exact) mass is 382 g/mol. The van der Waals surface area contributed by atoms with Crippen LogP contribution in [0.25, 0.3) is 28.2 Å². The number of para-hydroxylation sites is 2. The first-order valence-electron chi connectivity index (χ1n) is 7.96. The lowest BCUT2D eigenvalue weighted by Crippen LogP contribution is -2.36. The van der Waals surface area contributed by atoms with Gasteiger partial charge in [-0.3, -0.25) is 13.9 Å². The molecule has 2 aromatic carbocycles. The van der Waals surface area contributed by atoms with Crippen LogP contribution in [0.5, 0.6) is 0 Å². The predicted octanol–water partition coefficient (Wildman–Crippen LogP) is 0.988. The molecule has 0 radical (unpaired) electrons. The van der Waals surface area contributed by atoms with Crippen LogP contribution in [0, 0.1) is 0 Å². The zero-order valence-electron chi connectivity index (χ0n) is 14.4. The van der Waals surface area contributed by atoms with Crippen LogP contribution < -0.4 is 11.2 Å². The van der Waals surface area contributed by atoms with Crippen molar-refractivity contribution in [1.82, 2.24) is 19.1 Å². The molecular formula is C18H14N4O4S. The van der Waals surface area contributed by atoms with E-state index in [9.17, 15) is 18.0 Å². The SMILES string of the molecule is Cn1c(=O)nc2n(-c3ccc(S(C)(=O)=O)cc3)c3ccccc3nc-2c1=O. The topological polar surface area (TPSA) is 104 Å². The van der Waals surface area contributed by atoms with E-state index in [1.165, 1.54) is 19.2 Å². The number of nitrogens with zero attached hydrogens (tertiary/aromatic N) is 4. The maximum Gasteiger partial charge on any atom is 0.352 e. The van der Waals surface area contributed by atoms with Crippen LogP contribution >= 0.6 is 0 Å². The van der Waals surface area contributed by atoms with Gasteiger partial charge in [0.2, 0.25) is 0 Å². The van der Waals surface area contributed by atoms with E-state index in [2.05, 4.69) is 9.97 Å². The molecular weight excluding hydrogens is 368 g/mol. The van der Waals surface area contributed by atoms with Crippen LogP contribution in [-0.2, 0) is 16.9 Å². The van der Waals surface area contributed by atoms with Crippen molar-refractivity contribution in [3.63, 3.8) is 0 Å². The van der Waals surface area contributed by atoms with Gasteiger partial charge in [-0.05, 0) is 36.4 Å². The van der Waals surface area contributed by atoms with Gasteiger partial charge in [0.15, 0.2) is 21.4 Å². The number of hydrogen-bond acceptors (Lipinski definition) is 6. The summed E-state index contributed by atoms with van der Waals surface area (Å²) < 4.78 is 26.0. The summed E-state index contributed by atoms with van der Waals surface area (Å²) in [5.41, 5.74) is 0.574. The summed E-state index contributed by atoms with van der Waals surface area (Å²) in [7, 11) is -2.00. The van der Waals surface area contributed by atoms with E-state index in [-0.39, 0.29) is 16.4 Å². The molecule has 8 nitrogen and oxygen atoms in total. The van der Waals surface area contributed by atoms with Crippen LogP contribution in [-0.4, -0.2) is 33.8 Å². The van der Waals surface area contributed by atoms with Gasteiger partial charge in [0, 0.05) is 19.0 Å². The van der Waals surface area contributed by atoms with Crippen molar-refractivity contribution in [2.24, 2.45) is 7.05 Å². The fraction of sp³-hybridized carbons (Fsp3) is 0.111. The number of sulfone groups is 1. The molecule has 136 valence electrons. The van der Waals surface area contributed by atoms with E-state index in [1.54, 1.807) is 41.0 Å². The van der Waals surface area contributed by atoms with Crippen LogP contribution in [0.2, 0.25) is 0 Å². The van der Waals surface area contributed by atoms with Crippen LogP contribution in [0.15, 0.2) is 63.0 Å². The molecule has 0 unspecified atom stereocenters. The Bertz CT molecular complexity index is 1390. The zero-order chi connectivity index (χ0) is 19.3. The van der Waals surface area contributed by atoms with E-state index in [4.69, 9.17) is 0 Å². The fourth-order valence-corrected chi connectivity index (χ4v) is 3.53. The predicted molar refractivity (Wildman–Crippen MR) is 100 cm³/mol. The standard InChI is InChI=1S/C18H14N4O4S/c1-21-17(23)15-16(20-18(21)24)22(14-6-4-3-5-13(14)19-15)11-7-9-12(10-8-11)27(2,25)26/h3-10H,1-2H3. The highest BCUT2D eigenvalue weighted by molar-refractivity contribution is 7.90.